The number of thiol groups is 1. The van der Waals surface area contributed by atoms with Crippen molar-refractivity contribution in [3.63, 3.8) is 0 Å². The van der Waals surface area contributed by atoms with Gasteiger partial charge in [-0.15, -0.1) is 0 Å². The third kappa shape index (κ3) is 2.44. The van der Waals surface area contributed by atoms with E-state index in [2.05, 4.69) is 24.5 Å². The molecule has 0 N–H and O–H groups in total. The minimum atomic E-state index is 0.835. The molecule has 0 spiro atoms. The molecule has 0 aliphatic rings. The number of nitrogens with zero attached hydrogens (tertiary/aromatic N) is 1. The van der Waals surface area contributed by atoms with Gasteiger partial charge in [-0.25, -0.2) is 4.57 Å². The largest absolute Gasteiger partial charge is 0.214 e. The van der Waals surface area contributed by atoms with Crippen molar-refractivity contribution in [2.45, 2.75) is 6.44 Å². The first-order chi connectivity index (χ1) is 4.93. The van der Waals surface area contributed by atoms with Gasteiger partial charge in [0, 0.05) is 12.1 Å². The van der Waals surface area contributed by atoms with Crippen molar-refractivity contribution in [3.8, 4) is 0 Å². The monoisotopic (exact) mass is 151 g/mol. The maximum absolute atomic E-state index is 4.08. The van der Waals surface area contributed by atoms with Crippen LogP contribution in [0.3, 0.4) is 0 Å². The Morgan fingerprint density at radius 3 is 2.50 bits per heavy atom. The van der Waals surface area contributed by atoms with Crippen LogP contribution in [0, 0.1) is 0 Å². The predicted molar refractivity (Wildman–Crippen MR) is 46.2 cm³/mol. The number of pyridine rings is 1. The van der Waals surface area contributed by atoms with Crippen molar-refractivity contribution in [1.29, 1.82) is 0 Å². The summed E-state index contributed by atoms with van der Waals surface area (Å²) in [6.45, 7) is 0. The molecular weight excluding hydrogens is 141 g/mol. The van der Waals surface area contributed by atoms with E-state index < -0.39 is 0 Å². The number of hydrogen-bond acceptors (Lipinski definition) is 1. The standard InChI is InChI=1S/C7H9BNS/c10-7-8-6-9-4-2-1-3-5-9/h1-5H,6-7H2/p+1. The van der Waals surface area contributed by atoms with Gasteiger partial charge in [-0.2, -0.15) is 12.6 Å². The molecule has 1 radical (unpaired) electrons. The summed E-state index contributed by atoms with van der Waals surface area (Å²) in [6, 6.07) is 6.05. The van der Waals surface area contributed by atoms with E-state index in [1.807, 2.05) is 30.6 Å². The maximum Gasteiger partial charge on any atom is 0.212 e. The third-order valence-corrected chi connectivity index (χ3v) is 1.50. The lowest BCUT2D eigenvalue weighted by atomic mass is 9.82. The molecule has 0 aromatic carbocycles. The highest BCUT2D eigenvalue weighted by Gasteiger charge is 1.95. The molecule has 0 saturated carbocycles. The molecule has 0 aliphatic carbocycles. The fourth-order valence-electron chi connectivity index (χ4n) is 0.763. The normalized spacial score (nSPS) is 9.30. The topological polar surface area (TPSA) is 3.88 Å². The highest BCUT2D eigenvalue weighted by molar-refractivity contribution is 7.81. The van der Waals surface area contributed by atoms with Gasteiger partial charge < -0.3 is 0 Å². The molecule has 0 atom stereocenters. The SMILES string of the molecule is SC[B]C[n+]1ccccc1. The zero-order chi connectivity index (χ0) is 7.23. The maximum atomic E-state index is 4.08. The average Bonchev–Trinajstić information content (AvgIpc) is 2.03. The summed E-state index contributed by atoms with van der Waals surface area (Å²) in [4.78, 5) is 0. The molecule has 0 aliphatic heterocycles. The van der Waals surface area contributed by atoms with Gasteiger partial charge in [0.15, 0.2) is 12.4 Å². The highest BCUT2D eigenvalue weighted by atomic mass is 32.1. The smallest absolute Gasteiger partial charge is 0.212 e. The first-order valence-corrected chi connectivity index (χ1v) is 3.93. The second-order valence-corrected chi connectivity index (χ2v) is 2.41. The first-order valence-electron chi connectivity index (χ1n) is 3.30. The highest BCUT2D eigenvalue weighted by Crippen LogP contribution is 1.76. The Balaban J connectivity index is 2.43. The van der Waals surface area contributed by atoms with E-state index in [0.717, 1.165) is 12.1 Å². The minimum Gasteiger partial charge on any atom is -0.214 e. The van der Waals surface area contributed by atoms with Crippen molar-refractivity contribution < 1.29 is 4.57 Å². The Morgan fingerprint density at radius 1 is 1.20 bits per heavy atom. The molecular formula is C7H10BNS+. The second kappa shape index (κ2) is 4.39. The Bertz CT molecular complexity index is 178. The minimum absolute atomic E-state index is 0.835. The van der Waals surface area contributed by atoms with E-state index >= 15 is 0 Å². The summed E-state index contributed by atoms with van der Waals surface area (Å²) in [7, 11) is 2.11. The van der Waals surface area contributed by atoms with Crippen molar-refractivity contribution in [1.82, 2.24) is 0 Å². The van der Waals surface area contributed by atoms with Crippen molar-refractivity contribution in [2.75, 3.05) is 5.65 Å². The van der Waals surface area contributed by atoms with Gasteiger partial charge in [0.05, 0.1) is 0 Å². The average molecular weight is 151 g/mol. The summed E-state index contributed by atoms with van der Waals surface area (Å²) < 4.78 is 2.11. The number of aromatic nitrogens is 1. The van der Waals surface area contributed by atoms with Crippen LogP contribution in [0.4, 0.5) is 0 Å². The molecule has 1 nitrogen and oxygen atoms in total. The van der Waals surface area contributed by atoms with Crippen LogP contribution in [-0.4, -0.2) is 12.9 Å². The molecule has 10 heavy (non-hydrogen) atoms. The lowest BCUT2D eigenvalue weighted by Crippen LogP contribution is -2.35. The van der Waals surface area contributed by atoms with E-state index in [1.165, 1.54) is 0 Å². The van der Waals surface area contributed by atoms with Gasteiger partial charge in [0.1, 0.15) is 6.44 Å². The van der Waals surface area contributed by atoms with Crippen LogP contribution < -0.4 is 4.57 Å². The van der Waals surface area contributed by atoms with Gasteiger partial charge in [-0.1, -0.05) is 6.07 Å². The van der Waals surface area contributed by atoms with E-state index in [-0.39, 0.29) is 0 Å². The summed E-state index contributed by atoms with van der Waals surface area (Å²) in [5.74, 6) is 0. The predicted octanol–water partition coefficient (Wildman–Crippen LogP) is 0.523. The first kappa shape index (κ1) is 7.67. The van der Waals surface area contributed by atoms with Gasteiger partial charge in [0.2, 0.25) is 7.28 Å². The summed E-state index contributed by atoms with van der Waals surface area (Å²) in [5, 5.41) is 0. The molecule has 1 heterocycles. The van der Waals surface area contributed by atoms with Gasteiger partial charge in [-0.05, 0) is 5.65 Å². The molecule has 0 fully saturated rings. The molecule has 0 saturated heterocycles. The fourth-order valence-corrected chi connectivity index (χ4v) is 0.878. The molecule has 1 aromatic heterocycles. The number of rotatable bonds is 3. The molecule has 1 rings (SSSR count). The van der Waals surface area contributed by atoms with E-state index in [4.69, 9.17) is 0 Å². The Labute approximate surface area is 67.7 Å². The van der Waals surface area contributed by atoms with Crippen LogP contribution >= 0.6 is 12.6 Å². The molecule has 0 amide bonds. The summed E-state index contributed by atoms with van der Waals surface area (Å²) in [6.07, 6.45) is 5.03. The van der Waals surface area contributed by atoms with Crippen LogP contribution in [0.5, 0.6) is 0 Å². The zero-order valence-corrected chi connectivity index (χ0v) is 6.67. The second-order valence-electron chi connectivity index (χ2n) is 2.04. The van der Waals surface area contributed by atoms with Gasteiger partial charge >= 0.3 is 0 Å². The van der Waals surface area contributed by atoms with Crippen molar-refractivity contribution >= 4 is 19.9 Å². The quantitative estimate of drug-likeness (QED) is 0.364. The summed E-state index contributed by atoms with van der Waals surface area (Å²) >= 11 is 4.08. The van der Waals surface area contributed by atoms with E-state index in [1.54, 1.807) is 0 Å². The molecule has 3 heteroatoms. The molecule has 51 valence electrons. The fraction of sp³-hybridized carbons (Fsp3) is 0.286. The van der Waals surface area contributed by atoms with Crippen LogP contribution in [0.25, 0.3) is 0 Å². The summed E-state index contributed by atoms with van der Waals surface area (Å²) in [5.41, 5.74) is 0.835. The lowest BCUT2D eigenvalue weighted by molar-refractivity contribution is -0.679. The molecule has 0 unspecified atom stereocenters. The third-order valence-electron chi connectivity index (χ3n) is 1.25. The van der Waals surface area contributed by atoms with E-state index in [9.17, 15) is 0 Å². The van der Waals surface area contributed by atoms with Gasteiger partial charge in [-0.3, -0.25) is 0 Å². The zero-order valence-electron chi connectivity index (χ0n) is 5.77. The van der Waals surface area contributed by atoms with E-state index in [0.29, 0.717) is 0 Å². The molecule has 0 bridgehead atoms. The van der Waals surface area contributed by atoms with Crippen LogP contribution in [0.1, 0.15) is 0 Å². The van der Waals surface area contributed by atoms with Crippen molar-refractivity contribution in [3.05, 3.63) is 30.6 Å². The van der Waals surface area contributed by atoms with Crippen LogP contribution in [0.2, 0.25) is 0 Å². The Hall–Kier alpha value is -0.435. The molecule has 1 aromatic rings. The Morgan fingerprint density at radius 2 is 1.90 bits per heavy atom. The Kier molecular flexibility index (Phi) is 3.37. The lowest BCUT2D eigenvalue weighted by Gasteiger charge is -1.90. The van der Waals surface area contributed by atoms with Crippen molar-refractivity contribution in [2.24, 2.45) is 0 Å². The van der Waals surface area contributed by atoms with Crippen LogP contribution in [-0.2, 0) is 6.44 Å². The number of hydrogen-bond donors (Lipinski definition) is 1. The van der Waals surface area contributed by atoms with Gasteiger partial charge in [0.25, 0.3) is 0 Å². The van der Waals surface area contributed by atoms with Crippen LogP contribution in [0.15, 0.2) is 30.6 Å².